The van der Waals surface area contributed by atoms with Crippen LogP contribution < -0.4 is 16.4 Å². The Labute approximate surface area is 113 Å². The highest BCUT2D eigenvalue weighted by Gasteiger charge is 2.27. The first-order valence-corrected chi connectivity index (χ1v) is 5.68. The third-order valence-electron chi connectivity index (χ3n) is 2.35. The zero-order chi connectivity index (χ0) is 15.3. The fourth-order valence-electron chi connectivity index (χ4n) is 1.34. The van der Waals surface area contributed by atoms with Crippen LogP contribution in [0.1, 0.15) is 17.3 Å². The third kappa shape index (κ3) is 4.54. The van der Waals surface area contributed by atoms with Crippen molar-refractivity contribution in [3.8, 4) is 0 Å². The van der Waals surface area contributed by atoms with Crippen molar-refractivity contribution in [2.75, 3.05) is 18.4 Å². The minimum Gasteiger partial charge on any atom is -0.346 e. The maximum absolute atomic E-state index is 13.3. The van der Waals surface area contributed by atoms with Crippen LogP contribution in [0.15, 0.2) is 18.2 Å². The highest BCUT2D eigenvalue weighted by molar-refractivity contribution is 5.96. The maximum Gasteiger partial charge on any atom is 0.277 e. The van der Waals surface area contributed by atoms with Gasteiger partial charge >= 0.3 is 0 Å². The lowest BCUT2D eigenvalue weighted by Gasteiger charge is -2.14. The molecule has 0 aliphatic heterocycles. The number of anilines is 1. The van der Waals surface area contributed by atoms with Gasteiger partial charge in [0.15, 0.2) is 0 Å². The molecule has 0 bridgehead atoms. The Morgan fingerprint density at radius 3 is 2.55 bits per heavy atom. The van der Waals surface area contributed by atoms with Gasteiger partial charge in [0.1, 0.15) is 5.82 Å². The van der Waals surface area contributed by atoms with E-state index in [1.54, 1.807) is 0 Å². The normalized spacial score (nSPS) is 11.1. The summed E-state index contributed by atoms with van der Waals surface area (Å²) < 4.78 is 39.1. The highest BCUT2D eigenvalue weighted by atomic mass is 19.3. The van der Waals surface area contributed by atoms with E-state index in [0.717, 1.165) is 18.2 Å². The summed E-state index contributed by atoms with van der Waals surface area (Å²) in [6.45, 7) is -0.642. The number of carbonyl (C=O) groups is 2. The molecule has 110 valence electrons. The van der Waals surface area contributed by atoms with Crippen molar-refractivity contribution in [3.63, 3.8) is 0 Å². The Bertz CT molecular complexity index is 521. The average Bonchev–Trinajstić information content (AvgIpc) is 2.38. The van der Waals surface area contributed by atoms with E-state index >= 15 is 0 Å². The van der Waals surface area contributed by atoms with Crippen LogP contribution in [0.4, 0.5) is 18.9 Å². The largest absolute Gasteiger partial charge is 0.346 e. The minimum absolute atomic E-state index is 0.0528. The molecule has 0 aliphatic carbocycles. The number of nitrogens with one attached hydrogen (secondary N) is 2. The van der Waals surface area contributed by atoms with Crippen LogP contribution >= 0.6 is 0 Å². The molecule has 2 amide bonds. The van der Waals surface area contributed by atoms with E-state index in [4.69, 9.17) is 5.73 Å². The lowest BCUT2D eigenvalue weighted by Crippen LogP contribution is -2.41. The second kappa shape index (κ2) is 6.38. The molecule has 0 aliphatic rings. The Hall–Kier alpha value is -2.09. The van der Waals surface area contributed by atoms with Crippen molar-refractivity contribution in [1.29, 1.82) is 0 Å². The SMILES string of the molecule is CC(=O)Nc1cc(C(=O)NCC(F)(F)CN)ccc1F. The Morgan fingerprint density at radius 2 is 2.00 bits per heavy atom. The topological polar surface area (TPSA) is 84.2 Å². The lowest BCUT2D eigenvalue weighted by atomic mass is 10.1. The molecule has 20 heavy (non-hydrogen) atoms. The molecule has 5 nitrogen and oxygen atoms in total. The Kier molecular flexibility index (Phi) is 5.09. The number of amides is 2. The number of alkyl halides is 2. The quantitative estimate of drug-likeness (QED) is 0.759. The number of benzene rings is 1. The summed E-state index contributed by atoms with van der Waals surface area (Å²) in [6, 6.07) is 3.14. The van der Waals surface area contributed by atoms with Crippen molar-refractivity contribution in [2.24, 2.45) is 5.73 Å². The molecular formula is C12H14F3N3O2. The molecule has 0 atom stereocenters. The Morgan fingerprint density at radius 1 is 1.35 bits per heavy atom. The summed E-state index contributed by atoms with van der Waals surface area (Å²) in [6.07, 6.45) is 0. The summed E-state index contributed by atoms with van der Waals surface area (Å²) in [5.74, 6) is -5.28. The predicted molar refractivity (Wildman–Crippen MR) is 67.0 cm³/mol. The van der Waals surface area contributed by atoms with E-state index in [9.17, 15) is 22.8 Å². The standard InChI is InChI=1S/C12H14F3N3O2/c1-7(19)18-10-4-8(2-3-9(10)13)11(20)17-6-12(14,15)5-16/h2-4H,5-6,16H2,1H3,(H,17,20)(H,18,19). The number of rotatable bonds is 5. The molecule has 8 heteroatoms. The summed E-state index contributed by atoms with van der Waals surface area (Å²) in [7, 11) is 0. The summed E-state index contributed by atoms with van der Waals surface area (Å²) in [5, 5.41) is 4.18. The van der Waals surface area contributed by atoms with E-state index in [-0.39, 0.29) is 11.3 Å². The van der Waals surface area contributed by atoms with Gasteiger partial charge in [-0.1, -0.05) is 0 Å². The molecule has 0 heterocycles. The molecule has 1 aromatic rings. The first-order valence-electron chi connectivity index (χ1n) is 5.68. The molecule has 0 radical (unpaired) electrons. The van der Waals surface area contributed by atoms with Crippen molar-refractivity contribution in [3.05, 3.63) is 29.6 Å². The van der Waals surface area contributed by atoms with Crippen LogP contribution in [0.3, 0.4) is 0 Å². The van der Waals surface area contributed by atoms with Gasteiger partial charge in [-0.05, 0) is 18.2 Å². The van der Waals surface area contributed by atoms with E-state index in [2.05, 4.69) is 5.32 Å². The molecule has 0 aromatic heterocycles. The van der Waals surface area contributed by atoms with Gasteiger partial charge in [-0.3, -0.25) is 9.59 Å². The van der Waals surface area contributed by atoms with Gasteiger partial charge < -0.3 is 16.4 Å². The lowest BCUT2D eigenvalue weighted by molar-refractivity contribution is -0.114. The first-order chi connectivity index (χ1) is 9.25. The van der Waals surface area contributed by atoms with E-state index in [0.29, 0.717) is 0 Å². The number of hydrogen-bond acceptors (Lipinski definition) is 3. The van der Waals surface area contributed by atoms with Crippen LogP contribution in [0.5, 0.6) is 0 Å². The molecule has 0 saturated heterocycles. The second-order valence-corrected chi connectivity index (χ2v) is 4.12. The summed E-state index contributed by atoms with van der Waals surface area (Å²) in [4.78, 5) is 22.5. The van der Waals surface area contributed by atoms with Crippen molar-refractivity contribution < 1.29 is 22.8 Å². The van der Waals surface area contributed by atoms with Gasteiger partial charge in [-0.15, -0.1) is 0 Å². The van der Waals surface area contributed by atoms with Gasteiger partial charge in [-0.25, -0.2) is 13.2 Å². The first kappa shape index (κ1) is 16.0. The molecule has 4 N–H and O–H groups in total. The van der Waals surface area contributed by atoms with Crippen molar-refractivity contribution in [2.45, 2.75) is 12.8 Å². The van der Waals surface area contributed by atoms with Crippen molar-refractivity contribution in [1.82, 2.24) is 5.32 Å². The van der Waals surface area contributed by atoms with Crippen molar-refractivity contribution >= 4 is 17.5 Å². The monoisotopic (exact) mass is 289 g/mol. The van der Waals surface area contributed by atoms with E-state index in [1.165, 1.54) is 6.92 Å². The second-order valence-electron chi connectivity index (χ2n) is 4.12. The van der Waals surface area contributed by atoms with E-state index in [1.807, 2.05) is 5.32 Å². The fourth-order valence-corrected chi connectivity index (χ4v) is 1.34. The Balaban J connectivity index is 2.81. The smallest absolute Gasteiger partial charge is 0.277 e. The highest BCUT2D eigenvalue weighted by Crippen LogP contribution is 2.16. The summed E-state index contributed by atoms with van der Waals surface area (Å²) >= 11 is 0. The van der Waals surface area contributed by atoms with Crippen LogP contribution in [-0.4, -0.2) is 30.8 Å². The van der Waals surface area contributed by atoms with Crippen LogP contribution in [0.2, 0.25) is 0 Å². The number of hydrogen-bond donors (Lipinski definition) is 3. The van der Waals surface area contributed by atoms with Crippen LogP contribution in [0, 0.1) is 5.82 Å². The van der Waals surface area contributed by atoms with Crippen LogP contribution in [0.25, 0.3) is 0 Å². The zero-order valence-electron chi connectivity index (χ0n) is 10.7. The maximum atomic E-state index is 13.3. The number of halogens is 3. The fraction of sp³-hybridized carbons (Fsp3) is 0.333. The van der Waals surface area contributed by atoms with Gasteiger partial charge in [0.05, 0.1) is 18.8 Å². The van der Waals surface area contributed by atoms with Gasteiger partial charge in [-0.2, -0.15) is 0 Å². The molecule has 0 fully saturated rings. The van der Waals surface area contributed by atoms with Gasteiger partial charge in [0.25, 0.3) is 11.8 Å². The predicted octanol–water partition coefficient (Wildman–Crippen LogP) is 1.11. The number of carbonyl (C=O) groups excluding carboxylic acids is 2. The van der Waals surface area contributed by atoms with Crippen LogP contribution in [-0.2, 0) is 4.79 Å². The van der Waals surface area contributed by atoms with E-state index < -0.39 is 36.6 Å². The van der Waals surface area contributed by atoms with Gasteiger partial charge in [0, 0.05) is 12.5 Å². The minimum atomic E-state index is -3.21. The zero-order valence-corrected chi connectivity index (χ0v) is 10.7. The molecular weight excluding hydrogens is 275 g/mol. The number of nitrogens with two attached hydrogens (primary N) is 1. The molecule has 0 saturated carbocycles. The van der Waals surface area contributed by atoms with Gasteiger partial charge in [0.2, 0.25) is 5.91 Å². The molecule has 0 unspecified atom stereocenters. The third-order valence-corrected chi connectivity index (χ3v) is 2.35. The summed E-state index contributed by atoms with van der Waals surface area (Å²) in [5.41, 5.74) is 4.58. The molecule has 0 spiro atoms. The molecule has 1 rings (SSSR count). The average molecular weight is 289 g/mol. The molecule has 1 aromatic carbocycles.